The van der Waals surface area contributed by atoms with Crippen molar-refractivity contribution in [3.05, 3.63) is 26.8 Å². The molecule has 0 unspecified atom stereocenters. The number of hydrogen-bond acceptors (Lipinski definition) is 5. The Morgan fingerprint density at radius 2 is 2.00 bits per heavy atom. The monoisotopic (exact) mass is 252 g/mol. The number of rotatable bonds is 3. The highest BCUT2D eigenvalue weighted by Gasteiger charge is 2.23. The second-order valence-electron chi connectivity index (χ2n) is 3.74. The Kier molecular flexibility index (Phi) is 2.77. The lowest BCUT2D eigenvalue weighted by Crippen LogP contribution is -2.19. The fraction of sp³-hybridized carbons (Fsp3) is 0.400. The van der Waals surface area contributed by atoms with E-state index in [1.165, 1.54) is 23.2 Å². The lowest BCUT2D eigenvalue weighted by molar-refractivity contribution is -0.383. The van der Waals surface area contributed by atoms with Crippen molar-refractivity contribution < 1.29 is 9.66 Å². The van der Waals surface area contributed by atoms with E-state index in [1.807, 2.05) is 0 Å². The first-order chi connectivity index (χ1) is 8.49. The first kappa shape index (κ1) is 12.1. The number of aromatic nitrogens is 3. The SMILES string of the molecule is CCOc1ncc([N+](=O)[O-])c2c1n(C)c(=O)n2C. The quantitative estimate of drug-likeness (QED) is 0.588. The number of nitro groups is 1. The van der Waals surface area contributed by atoms with E-state index in [0.717, 1.165) is 6.20 Å². The third-order valence-electron chi connectivity index (χ3n) is 2.70. The normalized spacial score (nSPS) is 10.8. The third kappa shape index (κ3) is 1.53. The number of aryl methyl sites for hydroxylation is 2. The van der Waals surface area contributed by atoms with Crippen molar-refractivity contribution >= 4 is 16.7 Å². The fourth-order valence-corrected chi connectivity index (χ4v) is 1.89. The Hall–Kier alpha value is -2.38. The maximum Gasteiger partial charge on any atom is 0.328 e. The summed E-state index contributed by atoms with van der Waals surface area (Å²) in [6, 6.07) is 0. The van der Waals surface area contributed by atoms with Crippen LogP contribution in [0.15, 0.2) is 11.0 Å². The lowest BCUT2D eigenvalue weighted by atomic mass is 10.3. The number of ether oxygens (including phenoxy) is 1. The maximum atomic E-state index is 11.8. The molecule has 0 radical (unpaired) electrons. The van der Waals surface area contributed by atoms with Gasteiger partial charge in [0.15, 0.2) is 5.52 Å². The molecule has 0 atom stereocenters. The smallest absolute Gasteiger partial charge is 0.328 e. The highest BCUT2D eigenvalue weighted by molar-refractivity contribution is 5.88. The molecule has 2 aromatic heterocycles. The van der Waals surface area contributed by atoms with Gasteiger partial charge in [-0.15, -0.1) is 0 Å². The maximum absolute atomic E-state index is 11.8. The zero-order valence-corrected chi connectivity index (χ0v) is 10.2. The summed E-state index contributed by atoms with van der Waals surface area (Å²) >= 11 is 0. The highest BCUT2D eigenvalue weighted by Crippen LogP contribution is 2.29. The Bertz CT molecular complexity index is 685. The van der Waals surface area contributed by atoms with Gasteiger partial charge in [-0.25, -0.2) is 9.78 Å². The van der Waals surface area contributed by atoms with Gasteiger partial charge in [-0.2, -0.15) is 0 Å². The molecule has 0 saturated carbocycles. The van der Waals surface area contributed by atoms with E-state index >= 15 is 0 Å². The summed E-state index contributed by atoms with van der Waals surface area (Å²) in [6.45, 7) is 2.14. The van der Waals surface area contributed by atoms with Gasteiger partial charge in [0.25, 0.3) is 0 Å². The molecule has 2 rings (SSSR count). The van der Waals surface area contributed by atoms with E-state index in [9.17, 15) is 14.9 Å². The molecule has 0 fully saturated rings. The number of hydrogen-bond donors (Lipinski definition) is 0. The van der Waals surface area contributed by atoms with Crippen LogP contribution in [0.1, 0.15) is 6.92 Å². The predicted molar refractivity (Wildman–Crippen MR) is 63.8 cm³/mol. The topological polar surface area (TPSA) is 92.2 Å². The number of fused-ring (bicyclic) bond motifs is 1. The van der Waals surface area contributed by atoms with Crippen LogP contribution in [0.2, 0.25) is 0 Å². The minimum absolute atomic E-state index is 0.214. The van der Waals surface area contributed by atoms with Gasteiger partial charge >= 0.3 is 11.4 Å². The zero-order valence-electron chi connectivity index (χ0n) is 10.2. The molecule has 0 N–H and O–H groups in total. The van der Waals surface area contributed by atoms with Gasteiger partial charge in [0.2, 0.25) is 5.88 Å². The van der Waals surface area contributed by atoms with Crippen molar-refractivity contribution in [1.29, 1.82) is 0 Å². The largest absolute Gasteiger partial charge is 0.476 e. The molecule has 0 amide bonds. The molecular weight excluding hydrogens is 240 g/mol. The number of nitrogens with zero attached hydrogens (tertiary/aromatic N) is 4. The molecule has 0 aliphatic carbocycles. The molecule has 96 valence electrons. The Morgan fingerprint density at radius 3 is 2.56 bits per heavy atom. The summed E-state index contributed by atoms with van der Waals surface area (Å²) in [7, 11) is 3.01. The van der Waals surface area contributed by atoms with Crippen molar-refractivity contribution in [3.63, 3.8) is 0 Å². The molecule has 2 aromatic rings. The molecule has 0 saturated heterocycles. The van der Waals surface area contributed by atoms with Crippen molar-refractivity contribution in [2.45, 2.75) is 6.92 Å². The van der Waals surface area contributed by atoms with Gasteiger partial charge in [0.1, 0.15) is 11.7 Å². The minimum Gasteiger partial charge on any atom is -0.476 e. The molecule has 0 bridgehead atoms. The van der Waals surface area contributed by atoms with E-state index in [1.54, 1.807) is 6.92 Å². The Labute approximate surface area is 102 Å². The van der Waals surface area contributed by atoms with Crippen LogP contribution in [0.25, 0.3) is 11.0 Å². The van der Waals surface area contributed by atoms with Crippen molar-refractivity contribution in [1.82, 2.24) is 14.1 Å². The van der Waals surface area contributed by atoms with Crippen LogP contribution < -0.4 is 10.4 Å². The summed E-state index contributed by atoms with van der Waals surface area (Å²) in [5.41, 5.74) is -0.0276. The van der Waals surface area contributed by atoms with E-state index in [-0.39, 0.29) is 22.8 Å². The lowest BCUT2D eigenvalue weighted by Gasteiger charge is -2.04. The van der Waals surface area contributed by atoms with Gasteiger partial charge in [0, 0.05) is 14.1 Å². The van der Waals surface area contributed by atoms with Crippen LogP contribution in [0.5, 0.6) is 5.88 Å². The van der Waals surface area contributed by atoms with Crippen LogP contribution in [0.4, 0.5) is 5.69 Å². The first-order valence-electron chi connectivity index (χ1n) is 5.30. The van der Waals surface area contributed by atoms with Crippen LogP contribution in [0, 0.1) is 10.1 Å². The molecule has 2 heterocycles. The first-order valence-corrected chi connectivity index (χ1v) is 5.30. The third-order valence-corrected chi connectivity index (χ3v) is 2.70. The average molecular weight is 252 g/mol. The van der Waals surface area contributed by atoms with Gasteiger partial charge in [-0.05, 0) is 6.92 Å². The molecule has 0 spiro atoms. The summed E-state index contributed by atoms with van der Waals surface area (Å²) in [5, 5.41) is 11.0. The van der Waals surface area contributed by atoms with Gasteiger partial charge in [0.05, 0.1) is 11.5 Å². The second-order valence-corrected chi connectivity index (χ2v) is 3.74. The number of imidazole rings is 1. The molecule has 0 aromatic carbocycles. The van der Waals surface area contributed by atoms with Crippen molar-refractivity contribution in [2.24, 2.45) is 14.1 Å². The fourth-order valence-electron chi connectivity index (χ4n) is 1.89. The van der Waals surface area contributed by atoms with Gasteiger partial charge < -0.3 is 4.74 Å². The average Bonchev–Trinajstić information content (AvgIpc) is 2.56. The van der Waals surface area contributed by atoms with Crippen LogP contribution >= 0.6 is 0 Å². The van der Waals surface area contributed by atoms with E-state index in [4.69, 9.17) is 4.74 Å². The molecule has 0 aliphatic rings. The van der Waals surface area contributed by atoms with Gasteiger partial charge in [-0.3, -0.25) is 19.2 Å². The Balaban J connectivity index is 2.96. The zero-order chi connectivity index (χ0) is 13.4. The van der Waals surface area contributed by atoms with Crippen molar-refractivity contribution in [2.75, 3.05) is 6.61 Å². The molecule has 0 aliphatic heterocycles. The number of pyridine rings is 1. The predicted octanol–water partition coefficient (Wildman–Crippen LogP) is 0.579. The molecule has 8 nitrogen and oxygen atoms in total. The summed E-state index contributed by atoms with van der Waals surface area (Å²) in [4.78, 5) is 26.1. The highest BCUT2D eigenvalue weighted by atomic mass is 16.6. The molecule has 8 heteroatoms. The molecule has 18 heavy (non-hydrogen) atoms. The van der Waals surface area contributed by atoms with Crippen LogP contribution in [0.3, 0.4) is 0 Å². The molecular formula is C10H12N4O4. The minimum atomic E-state index is -0.565. The van der Waals surface area contributed by atoms with Crippen LogP contribution in [-0.2, 0) is 14.1 Å². The standard InChI is InChI=1S/C10H12N4O4/c1-4-18-9-8-7(6(5-11-9)14(16)17)12(2)10(15)13(8)3/h5H,4H2,1-3H3. The summed E-state index contributed by atoms with van der Waals surface area (Å²) < 4.78 is 7.81. The summed E-state index contributed by atoms with van der Waals surface area (Å²) in [5.74, 6) is 0.221. The van der Waals surface area contributed by atoms with E-state index in [2.05, 4.69) is 4.98 Å². The Morgan fingerprint density at radius 1 is 1.39 bits per heavy atom. The van der Waals surface area contributed by atoms with Crippen molar-refractivity contribution in [3.8, 4) is 5.88 Å². The van der Waals surface area contributed by atoms with E-state index in [0.29, 0.717) is 12.1 Å². The van der Waals surface area contributed by atoms with Crippen LogP contribution in [-0.4, -0.2) is 25.6 Å². The van der Waals surface area contributed by atoms with Gasteiger partial charge in [-0.1, -0.05) is 0 Å². The second kappa shape index (κ2) is 4.13. The summed E-state index contributed by atoms with van der Waals surface area (Å²) in [6.07, 6.45) is 1.10. The van der Waals surface area contributed by atoms with E-state index < -0.39 is 4.92 Å².